The van der Waals surface area contributed by atoms with Crippen molar-refractivity contribution in [1.29, 1.82) is 0 Å². The average Bonchev–Trinajstić information content (AvgIpc) is 2.75. The molecule has 2 unspecified atom stereocenters. The third-order valence-corrected chi connectivity index (χ3v) is 4.54. The SMILES string of the molecule is O=C1NC(=O)C(c2ccccc2)C1Sc1ccccc1. The predicted octanol–water partition coefficient (Wildman–Crippen LogP) is 2.59. The minimum atomic E-state index is -0.422. The number of benzene rings is 2. The molecule has 2 aromatic rings. The molecule has 0 spiro atoms. The second-order valence-electron chi connectivity index (χ2n) is 4.59. The molecule has 1 fully saturated rings. The number of hydrogen-bond acceptors (Lipinski definition) is 3. The van der Waals surface area contributed by atoms with Crippen LogP contribution in [0.1, 0.15) is 11.5 Å². The molecule has 0 radical (unpaired) electrons. The summed E-state index contributed by atoms with van der Waals surface area (Å²) in [6, 6.07) is 19.1. The lowest BCUT2D eigenvalue weighted by Crippen LogP contribution is -2.22. The highest BCUT2D eigenvalue weighted by Crippen LogP contribution is 2.37. The molecule has 1 N–H and O–H groups in total. The normalized spacial score (nSPS) is 21.8. The zero-order valence-corrected chi connectivity index (χ0v) is 11.5. The summed E-state index contributed by atoms with van der Waals surface area (Å²) in [5, 5.41) is 2.03. The van der Waals surface area contributed by atoms with Crippen LogP contribution < -0.4 is 5.32 Å². The molecule has 4 heteroatoms. The van der Waals surface area contributed by atoms with E-state index in [4.69, 9.17) is 0 Å². The van der Waals surface area contributed by atoms with Gasteiger partial charge in [-0.2, -0.15) is 0 Å². The highest BCUT2D eigenvalue weighted by atomic mass is 32.2. The standard InChI is InChI=1S/C16H13NO2S/c18-15-13(11-7-3-1-4-8-11)14(16(19)17-15)20-12-9-5-2-6-10-12/h1-10,13-14H,(H,17,18,19). The van der Waals surface area contributed by atoms with Crippen LogP contribution in [-0.2, 0) is 9.59 Å². The first kappa shape index (κ1) is 12.9. The maximum atomic E-state index is 12.0. The second kappa shape index (κ2) is 5.51. The second-order valence-corrected chi connectivity index (χ2v) is 5.81. The zero-order chi connectivity index (χ0) is 13.9. The number of amides is 2. The lowest BCUT2D eigenvalue weighted by molar-refractivity contribution is -0.125. The molecule has 3 rings (SSSR count). The van der Waals surface area contributed by atoms with E-state index in [-0.39, 0.29) is 11.8 Å². The van der Waals surface area contributed by atoms with Gasteiger partial charge in [0.25, 0.3) is 0 Å². The van der Waals surface area contributed by atoms with Gasteiger partial charge in [0.05, 0.1) is 5.92 Å². The van der Waals surface area contributed by atoms with E-state index in [2.05, 4.69) is 5.32 Å². The summed E-state index contributed by atoms with van der Waals surface area (Å²) >= 11 is 1.43. The van der Waals surface area contributed by atoms with Crippen molar-refractivity contribution in [2.45, 2.75) is 16.1 Å². The van der Waals surface area contributed by atoms with Crippen LogP contribution in [0.4, 0.5) is 0 Å². The van der Waals surface area contributed by atoms with Gasteiger partial charge in [0.15, 0.2) is 0 Å². The van der Waals surface area contributed by atoms with E-state index in [0.717, 1.165) is 10.5 Å². The molecule has 2 atom stereocenters. The number of hydrogen-bond donors (Lipinski definition) is 1. The molecule has 2 amide bonds. The molecule has 1 aliphatic rings. The smallest absolute Gasteiger partial charge is 0.241 e. The van der Waals surface area contributed by atoms with Gasteiger partial charge in [-0.15, -0.1) is 11.8 Å². The molecule has 3 nitrogen and oxygen atoms in total. The van der Waals surface area contributed by atoms with Crippen molar-refractivity contribution >= 4 is 23.6 Å². The van der Waals surface area contributed by atoms with Gasteiger partial charge < -0.3 is 0 Å². The third-order valence-electron chi connectivity index (χ3n) is 3.25. The minimum absolute atomic E-state index is 0.210. The van der Waals surface area contributed by atoms with Crippen molar-refractivity contribution in [2.75, 3.05) is 0 Å². The molecule has 0 saturated carbocycles. The first-order valence-corrected chi connectivity index (χ1v) is 7.25. The van der Waals surface area contributed by atoms with Crippen molar-refractivity contribution < 1.29 is 9.59 Å². The summed E-state index contributed by atoms with van der Waals surface area (Å²) < 4.78 is 0. The first-order valence-electron chi connectivity index (χ1n) is 6.37. The molecular formula is C16H13NO2S. The maximum Gasteiger partial charge on any atom is 0.241 e. The molecule has 20 heavy (non-hydrogen) atoms. The van der Waals surface area contributed by atoms with Crippen LogP contribution in [0, 0.1) is 0 Å². The van der Waals surface area contributed by atoms with E-state index in [1.807, 2.05) is 60.7 Å². The Labute approximate surface area is 121 Å². The Balaban J connectivity index is 1.91. The molecule has 100 valence electrons. The lowest BCUT2D eigenvalue weighted by Gasteiger charge is -2.15. The fourth-order valence-electron chi connectivity index (χ4n) is 2.31. The van der Waals surface area contributed by atoms with Crippen molar-refractivity contribution in [1.82, 2.24) is 5.32 Å². The molecule has 0 aliphatic carbocycles. The topological polar surface area (TPSA) is 46.2 Å². The van der Waals surface area contributed by atoms with Gasteiger partial charge in [0, 0.05) is 4.90 Å². The summed E-state index contributed by atoms with van der Waals surface area (Å²) in [6.45, 7) is 0. The number of thioether (sulfide) groups is 1. The van der Waals surface area contributed by atoms with Crippen molar-refractivity contribution in [3.63, 3.8) is 0 Å². The van der Waals surface area contributed by atoms with Crippen LogP contribution in [0.25, 0.3) is 0 Å². The Bertz CT molecular complexity index is 627. The van der Waals surface area contributed by atoms with Gasteiger partial charge in [-0.1, -0.05) is 48.5 Å². The third kappa shape index (κ3) is 2.47. The summed E-state index contributed by atoms with van der Waals surface area (Å²) in [7, 11) is 0. The molecule has 1 saturated heterocycles. The molecule has 0 aromatic heterocycles. The van der Waals surface area contributed by atoms with E-state index in [0.29, 0.717) is 0 Å². The summed E-state index contributed by atoms with van der Waals surface area (Å²) in [6.07, 6.45) is 0. The van der Waals surface area contributed by atoms with Crippen LogP contribution >= 0.6 is 11.8 Å². The fourth-order valence-corrected chi connectivity index (χ4v) is 3.50. The van der Waals surface area contributed by atoms with Gasteiger partial charge in [-0.3, -0.25) is 14.9 Å². The fraction of sp³-hybridized carbons (Fsp3) is 0.125. The van der Waals surface area contributed by atoms with Crippen molar-refractivity contribution in [3.05, 3.63) is 66.2 Å². The van der Waals surface area contributed by atoms with Crippen LogP contribution in [0.15, 0.2) is 65.6 Å². The highest BCUT2D eigenvalue weighted by molar-refractivity contribution is 8.00. The van der Waals surface area contributed by atoms with E-state index >= 15 is 0 Å². The van der Waals surface area contributed by atoms with Gasteiger partial charge in [0.2, 0.25) is 11.8 Å². The van der Waals surface area contributed by atoms with Crippen LogP contribution in [0.3, 0.4) is 0 Å². The monoisotopic (exact) mass is 283 g/mol. The van der Waals surface area contributed by atoms with E-state index in [1.54, 1.807) is 0 Å². The minimum Gasteiger partial charge on any atom is -0.295 e. The lowest BCUT2D eigenvalue weighted by atomic mass is 9.97. The number of carbonyl (C=O) groups excluding carboxylic acids is 2. The van der Waals surface area contributed by atoms with Gasteiger partial charge >= 0.3 is 0 Å². The Morgan fingerprint density at radius 1 is 0.800 bits per heavy atom. The van der Waals surface area contributed by atoms with Gasteiger partial charge in [-0.05, 0) is 17.7 Å². The van der Waals surface area contributed by atoms with Crippen LogP contribution in [0.2, 0.25) is 0 Å². The highest BCUT2D eigenvalue weighted by Gasteiger charge is 2.43. The van der Waals surface area contributed by atoms with Crippen LogP contribution in [-0.4, -0.2) is 17.1 Å². The Morgan fingerprint density at radius 3 is 2.05 bits per heavy atom. The molecule has 1 aliphatic heterocycles. The predicted molar refractivity (Wildman–Crippen MR) is 78.4 cm³/mol. The van der Waals surface area contributed by atoms with Crippen molar-refractivity contribution in [2.24, 2.45) is 0 Å². The molecular weight excluding hydrogens is 270 g/mol. The quantitative estimate of drug-likeness (QED) is 0.881. The maximum absolute atomic E-state index is 12.0. The Morgan fingerprint density at radius 2 is 1.40 bits per heavy atom. The average molecular weight is 283 g/mol. The Kier molecular flexibility index (Phi) is 3.56. The van der Waals surface area contributed by atoms with Gasteiger partial charge in [-0.25, -0.2) is 0 Å². The van der Waals surface area contributed by atoms with Crippen molar-refractivity contribution in [3.8, 4) is 0 Å². The van der Waals surface area contributed by atoms with Crippen LogP contribution in [0.5, 0.6) is 0 Å². The summed E-state index contributed by atoms with van der Waals surface area (Å²) in [4.78, 5) is 25.0. The Hall–Kier alpha value is -2.07. The largest absolute Gasteiger partial charge is 0.295 e. The molecule has 2 aromatic carbocycles. The number of imide groups is 1. The molecule has 0 bridgehead atoms. The summed E-state index contributed by atoms with van der Waals surface area (Å²) in [5.74, 6) is -0.846. The van der Waals surface area contributed by atoms with E-state index in [1.165, 1.54) is 11.8 Å². The molecule has 1 heterocycles. The number of carbonyl (C=O) groups is 2. The van der Waals surface area contributed by atoms with E-state index in [9.17, 15) is 9.59 Å². The number of nitrogens with one attached hydrogen (secondary N) is 1. The summed E-state index contributed by atoms with van der Waals surface area (Å²) in [5.41, 5.74) is 0.879. The first-order chi connectivity index (χ1) is 9.75. The van der Waals surface area contributed by atoms with E-state index < -0.39 is 11.2 Å². The zero-order valence-electron chi connectivity index (χ0n) is 10.7. The number of rotatable bonds is 3. The van der Waals surface area contributed by atoms with Gasteiger partial charge in [0.1, 0.15) is 5.25 Å².